The van der Waals surface area contributed by atoms with Crippen LogP contribution in [0.2, 0.25) is 0 Å². The van der Waals surface area contributed by atoms with Gasteiger partial charge in [-0.15, -0.1) is 0 Å². The molecule has 1 aliphatic rings. The maximum atomic E-state index is 11.1. The maximum Gasteiger partial charge on any atom is 0.308 e. The monoisotopic (exact) mass is 186 g/mol. The lowest BCUT2D eigenvalue weighted by molar-refractivity contribution is -0.150. The van der Waals surface area contributed by atoms with Gasteiger partial charge < -0.3 is 9.84 Å². The Bertz CT molecular complexity index is 212. The van der Waals surface area contributed by atoms with Gasteiger partial charge in [-0.05, 0) is 19.3 Å². The SMILES string of the molecule is COC(=O)[C@@H]1CCC[C@@H](C(=O)O)C1. The van der Waals surface area contributed by atoms with E-state index in [1.54, 1.807) is 0 Å². The normalized spacial score (nSPS) is 28.1. The highest BCUT2D eigenvalue weighted by Gasteiger charge is 2.31. The van der Waals surface area contributed by atoms with E-state index in [1.807, 2.05) is 0 Å². The molecule has 0 amide bonds. The third kappa shape index (κ3) is 2.44. The molecule has 0 spiro atoms. The van der Waals surface area contributed by atoms with Gasteiger partial charge >= 0.3 is 11.9 Å². The van der Waals surface area contributed by atoms with Gasteiger partial charge in [0.25, 0.3) is 0 Å². The fraction of sp³-hybridized carbons (Fsp3) is 0.778. The summed E-state index contributed by atoms with van der Waals surface area (Å²) in [5, 5.41) is 8.76. The van der Waals surface area contributed by atoms with E-state index < -0.39 is 5.97 Å². The first-order valence-electron chi connectivity index (χ1n) is 4.45. The van der Waals surface area contributed by atoms with Crippen molar-refractivity contribution >= 4 is 11.9 Å². The van der Waals surface area contributed by atoms with E-state index in [0.717, 1.165) is 12.8 Å². The summed E-state index contributed by atoms with van der Waals surface area (Å²) in [7, 11) is 1.34. The summed E-state index contributed by atoms with van der Waals surface area (Å²) < 4.78 is 4.59. The lowest BCUT2D eigenvalue weighted by Gasteiger charge is -2.24. The Kier molecular flexibility index (Phi) is 3.28. The number of aliphatic carboxylic acids is 1. The summed E-state index contributed by atoms with van der Waals surface area (Å²) in [6, 6.07) is 0. The minimum atomic E-state index is -0.798. The number of rotatable bonds is 2. The van der Waals surface area contributed by atoms with E-state index in [9.17, 15) is 9.59 Å². The minimum Gasteiger partial charge on any atom is -0.481 e. The number of methoxy groups -OCH3 is 1. The Morgan fingerprint density at radius 2 is 1.92 bits per heavy atom. The van der Waals surface area contributed by atoms with Crippen LogP contribution < -0.4 is 0 Å². The van der Waals surface area contributed by atoms with Crippen molar-refractivity contribution in [3.63, 3.8) is 0 Å². The molecule has 1 fully saturated rings. The van der Waals surface area contributed by atoms with Gasteiger partial charge in [0.15, 0.2) is 0 Å². The quantitative estimate of drug-likeness (QED) is 0.655. The first-order chi connectivity index (χ1) is 6.15. The topological polar surface area (TPSA) is 63.6 Å². The van der Waals surface area contributed by atoms with Crippen molar-refractivity contribution in [2.24, 2.45) is 11.8 Å². The van der Waals surface area contributed by atoms with Gasteiger partial charge in [0, 0.05) is 0 Å². The zero-order valence-electron chi connectivity index (χ0n) is 7.66. The Morgan fingerprint density at radius 1 is 1.31 bits per heavy atom. The van der Waals surface area contributed by atoms with Crippen LogP contribution in [-0.2, 0) is 14.3 Å². The molecule has 1 N–H and O–H groups in total. The summed E-state index contributed by atoms with van der Waals surface area (Å²) in [6.45, 7) is 0. The van der Waals surface area contributed by atoms with Crippen LogP contribution in [0.3, 0.4) is 0 Å². The predicted octanol–water partition coefficient (Wildman–Crippen LogP) is 1.05. The van der Waals surface area contributed by atoms with Crippen LogP contribution in [0.1, 0.15) is 25.7 Å². The van der Waals surface area contributed by atoms with E-state index in [4.69, 9.17) is 5.11 Å². The van der Waals surface area contributed by atoms with Crippen molar-refractivity contribution in [2.45, 2.75) is 25.7 Å². The van der Waals surface area contributed by atoms with Crippen molar-refractivity contribution in [3.05, 3.63) is 0 Å². The van der Waals surface area contributed by atoms with Crippen LogP contribution in [0.5, 0.6) is 0 Å². The fourth-order valence-corrected chi connectivity index (χ4v) is 1.79. The standard InChI is InChI=1S/C9H14O4/c1-13-9(12)7-4-2-3-6(5-7)8(10)11/h6-7H,2-5H2,1H3,(H,10,11)/t6-,7-/m1/s1. The zero-order chi connectivity index (χ0) is 9.84. The molecular weight excluding hydrogens is 172 g/mol. The number of esters is 1. The number of hydrogen-bond acceptors (Lipinski definition) is 3. The van der Waals surface area contributed by atoms with Crippen LogP contribution >= 0.6 is 0 Å². The van der Waals surface area contributed by atoms with Gasteiger partial charge in [-0.25, -0.2) is 0 Å². The van der Waals surface area contributed by atoms with Crippen molar-refractivity contribution in [2.75, 3.05) is 7.11 Å². The molecule has 1 rings (SSSR count). The molecule has 0 unspecified atom stereocenters. The Balaban J connectivity index is 2.51. The molecule has 74 valence electrons. The summed E-state index contributed by atoms with van der Waals surface area (Å²) in [4.78, 5) is 21.8. The highest BCUT2D eigenvalue weighted by molar-refractivity contribution is 5.75. The molecule has 4 heteroatoms. The molecule has 1 aliphatic carbocycles. The lowest BCUT2D eigenvalue weighted by atomic mass is 9.81. The van der Waals surface area contributed by atoms with Crippen molar-refractivity contribution in [3.8, 4) is 0 Å². The van der Waals surface area contributed by atoms with Crippen molar-refractivity contribution in [1.29, 1.82) is 0 Å². The predicted molar refractivity (Wildman–Crippen MR) is 45.1 cm³/mol. The van der Waals surface area contributed by atoms with E-state index in [0.29, 0.717) is 12.8 Å². The Hall–Kier alpha value is -1.06. The number of carboxylic acids is 1. The van der Waals surface area contributed by atoms with Crippen LogP contribution in [0, 0.1) is 11.8 Å². The first-order valence-corrected chi connectivity index (χ1v) is 4.45. The third-order valence-corrected chi connectivity index (χ3v) is 2.56. The van der Waals surface area contributed by atoms with Gasteiger partial charge in [0.05, 0.1) is 18.9 Å². The summed E-state index contributed by atoms with van der Waals surface area (Å²) in [5.74, 6) is -1.64. The summed E-state index contributed by atoms with van der Waals surface area (Å²) >= 11 is 0. The number of carbonyl (C=O) groups excluding carboxylic acids is 1. The summed E-state index contributed by atoms with van der Waals surface area (Å²) in [5.41, 5.74) is 0. The highest BCUT2D eigenvalue weighted by Crippen LogP contribution is 2.29. The summed E-state index contributed by atoms with van der Waals surface area (Å²) in [6.07, 6.45) is 2.68. The van der Waals surface area contributed by atoms with Crippen molar-refractivity contribution in [1.82, 2.24) is 0 Å². The molecule has 0 aromatic rings. The molecular formula is C9H14O4. The van der Waals surface area contributed by atoms with E-state index >= 15 is 0 Å². The van der Waals surface area contributed by atoms with Gasteiger partial charge in [0.1, 0.15) is 0 Å². The van der Waals surface area contributed by atoms with Gasteiger partial charge in [-0.1, -0.05) is 6.42 Å². The van der Waals surface area contributed by atoms with Crippen molar-refractivity contribution < 1.29 is 19.4 Å². The number of carboxylic acid groups (broad SMARTS) is 1. The molecule has 13 heavy (non-hydrogen) atoms. The molecule has 0 heterocycles. The molecule has 0 bridgehead atoms. The van der Waals surface area contributed by atoms with Crippen LogP contribution in [-0.4, -0.2) is 24.2 Å². The van der Waals surface area contributed by atoms with Gasteiger partial charge in [0.2, 0.25) is 0 Å². The number of hydrogen-bond donors (Lipinski definition) is 1. The van der Waals surface area contributed by atoms with Crippen LogP contribution in [0.4, 0.5) is 0 Å². The second kappa shape index (κ2) is 4.25. The molecule has 0 saturated heterocycles. The van der Waals surface area contributed by atoms with Crippen LogP contribution in [0.25, 0.3) is 0 Å². The maximum absolute atomic E-state index is 11.1. The third-order valence-electron chi connectivity index (χ3n) is 2.56. The van der Waals surface area contributed by atoms with Crippen LogP contribution in [0.15, 0.2) is 0 Å². The number of carbonyl (C=O) groups is 2. The minimum absolute atomic E-state index is 0.208. The van der Waals surface area contributed by atoms with Gasteiger partial charge in [-0.2, -0.15) is 0 Å². The Labute approximate surface area is 76.9 Å². The molecule has 2 atom stereocenters. The zero-order valence-corrected chi connectivity index (χ0v) is 7.66. The molecule has 0 radical (unpaired) electrons. The molecule has 0 aliphatic heterocycles. The smallest absolute Gasteiger partial charge is 0.308 e. The van der Waals surface area contributed by atoms with Gasteiger partial charge in [-0.3, -0.25) is 9.59 Å². The molecule has 1 saturated carbocycles. The largest absolute Gasteiger partial charge is 0.481 e. The molecule has 0 aromatic heterocycles. The first kappa shape index (κ1) is 10.0. The number of ether oxygens (including phenoxy) is 1. The fourth-order valence-electron chi connectivity index (χ4n) is 1.79. The van der Waals surface area contributed by atoms with E-state index in [2.05, 4.69) is 4.74 Å². The molecule has 0 aromatic carbocycles. The van der Waals surface area contributed by atoms with E-state index in [1.165, 1.54) is 7.11 Å². The second-order valence-electron chi connectivity index (χ2n) is 3.42. The average Bonchev–Trinajstić information content (AvgIpc) is 2.17. The van der Waals surface area contributed by atoms with E-state index in [-0.39, 0.29) is 17.8 Å². The Morgan fingerprint density at radius 3 is 2.46 bits per heavy atom. The molecule has 4 nitrogen and oxygen atoms in total. The highest BCUT2D eigenvalue weighted by atomic mass is 16.5. The average molecular weight is 186 g/mol. The lowest BCUT2D eigenvalue weighted by Crippen LogP contribution is -2.27. The second-order valence-corrected chi connectivity index (χ2v) is 3.42.